The van der Waals surface area contributed by atoms with Crippen LogP contribution >= 0.6 is 0 Å². The minimum absolute atomic E-state index is 0.0225. The van der Waals surface area contributed by atoms with Gasteiger partial charge in [0.1, 0.15) is 17.8 Å². The number of ketones is 1. The summed E-state index contributed by atoms with van der Waals surface area (Å²) >= 11 is 0. The van der Waals surface area contributed by atoms with Crippen LogP contribution in [-0.2, 0) is 26.3 Å². The summed E-state index contributed by atoms with van der Waals surface area (Å²) in [5, 5.41) is 3.24. The van der Waals surface area contributed by atoms with Crippen LogP contribution in [0, 0.1) is 5.92 Å². The van der Waals surface area contributed by atoms with Gasteiger partial charge in [0, 0.05) is 24.7 Å². The summed E-state index contributed by atoms with van der Waals surface area (Å²) < 4.78 is 5.89. The number of nitrogens with two attached hydrogens (primary N) is 1. The highest BCUT2D eigenvalue weighted by Crippen LogP contribution is 2.44. The van der Waals surface area contributed by atoms with Gasteiger partial charge in [-0.15, -0.1) is 0 Å². The normalized spacial score (nSPS) is 24.1. The molecule has 1 unspecified atom stereocenters. The van der Waals surface area contributed by atoms with Crippen LogP contribution in [0.3, 0.4) is 0 Å². The van der Waals surface area contributed by atoms with Gasteiger partial charge in [0.2, 0.25) is 0 Å². The third-order valence-electron chi connectivity index (χ3n) is 6.14. The predicted octanol–water partition coefficient (Wildman–Crippen LogP) is 3.69. The molecule has 3 N–H and O–H groups in total. The van der Waals surface area contributed by atoms with Crippen molar-refractivity contribution >= 4 is 17.4 Å². The summed E-state index contributed by atoms with van der Waals surface area (Å²) in [6.45, 7) is 3.98. The fourth-order valence-corrected chi connectivity index (χ4v) is 4.75. The van der Waals surface area contributed by atoms with Gasteiger partial charge in [-0.3, -0.25) is 9.59 Å². The minimum atomic E-state index is -0.617. The van der Waals surface area contributed by atoms with Gasteiger partial charge in [0.05, 0.1) is 0 Å². The van der Waals surface area contributed by atoms with Gasteiger partial charge in [0.15, 0.2) is 0 Å². The zero-order valence-corrected chi connectivity index (χ0v) is 16.8. The number of benzene rings is 1. The van der Waals surface area contributed by atoms with E-state index < -0.39 is 11.1 Å². The molecule has 5 nitrogen and oxygen atoms in total. The highest BCUT2D eigenvalue weighted by molar-refractivity contribution is 5.98. The minimum Gasteiger partial charge on any atom is -0.458 e. The molecule has 0 bridgehead atoms. The van der Waals surface area contributed by atoms with Crippen LogP contribution in [0.25, 0.3) is 0 Å². The molecule has 2 aliphatic rings. The highest BCUT2D eigenvalue weighted by Gasteiger charge is 2.47. The Labute approximate surface area is 162 Å². The molecule has 0 spiro atoms. The summed E-state index contributed by atoms with van der Waals surface area (Å²) in [7, 11) is 1.90. The van der Waals surface area contributed by atoms with Crippen LogP contribution in [0.2, 0.25) is 0 Å². The molecular formula is C22H32N2O3. The molecule has 1 heterocycles. The molecule has 27 heavy (non-hydrogen) atoms. The van der Waals surface area contributed by atoms with E-state index in [2.05, 4.69) is 23.5 Å². The molecule has 1 aliphatic carbocycles. The van der Waals surface area contributed by atoms with Crippen molar-refractivity contribution in [1.29, 1.82) is 0 Å². The number of nitrogens with one attached hydrogen (secondary N) is 1. The summed E-state index contributed by atoms with van der Waals surface area (Å²) in [5.74, 6) is -0.0275. The maximum Gasteiger partial charge on any atom is 0.313 e. The van der Waals surface area contributed by atoms with Crippen LogP contribution in [0.15, 0.2) is 18.2 Å². The monoisotopic (exact) mass is 372 g/mol. The Kier molecular flexibility index (Phi) is 5.61. The molecule has 148 valence electrons. The van der Waals surface area contributed by atoms with Crippen LogP contribution in [-0.4, -0.2) is 24.4 Å². The lowest BCUT2D eigenvalue weighted by Crippen LogP contribution is -2.48. The number of hydrogen-bond acceptors (Lipinski definition) is 5. The lowest BCUT2D eigenvalue weighted by molar-refractivity contribution is -0.178. The molecule has 1 saturated carbocycles. The summed E-state index contributed by atoms with van der Waals surface area (Å²) in [6, 6.07) is 6.29. The molecule has 0 amide bonds. The van der Waals surface area contributed by atoms with Crippen molar-refractivity contribution in [3.05, 3.63) is 29.3 Å². The second kappa shape index (κ2) is 7.63. The molecule has 1 aromatic rings. The number of carbonyl (C=O) groups excluding carboxylic acids is 2. The first-order chi connectivity index (χ1) is 12.7. The molecule has 1 aliphatic heterocycles. The van der Waals surface area contributed by atoms with Gasteiger partial charge in [-0.1, -0.05) is 25.0 Å². The van der Waals surface area contributed by atoms with Crippen LogP contribution in [0.5, 0.6) is 0 Å². The molecule has 2 fully saturated rings. The Morgan fingerprint density at radius 2 is 1.96 bits per heavy atom. The standard InChI is InChI=1S/C22H32N2O3/c1-21(2,23)18-9-8-15(12-19(18)24-3)10-11-22(16-6-4-5-7-16)14-17(25)13-20(26)27-22/h8-9,12,16,24H,4-7,10-11,13-14,23H2,1-3H3. The van der Waals surface area contributed by atoms with Crippen LogP contribution < -0.4 is 11.1 Å². The van der Waals surface area contributed by atoms with Gasteiger partial charge in [-0.25, -0.2) is 0 Å². The first kappa shape index (κ1) is 19.9. The predicted molar refractivity (Wildman–Crippen MR) is 107 cm³/mol. The maximum absolute atomic E-state index is 12.2. The van der Waals surface area contributed by atoms with Crippen molar-refractivity contribution in [3.8, 4) is 0 Å². The first-order valence-electron chi connectivity index (χ1n) is 10.1. The molecule has 0 aromatic heterocycles. The number of rotatable bonds is 6. The third-order valence-corrected chi connectivity index (χ3v) is 6.14. The smallest absolute Gasteiger partial charge is 0.313 e. The van der Waals surface area contributed by atoms with E-state index in [1.165, 1.54) is 5.56 Å². The van der Waals surface area contributed by atoms with Crippen molar-refractivity contribution in [1.82, 2.24) is 0 Å². The average Bonchev–Trinajstić information content (AvgIpc) is 3.13. The molecule has 5 heteroatoms. The maximum atomic E-state index is 12.2. The third kappa shape index (κ3) is 4.34. The summed E-state index contributed by atoms with van der Waals surface area (Å²) in [6.07, 6.45) is 6.17. The van der Waals surface area contributed by atoms with Gasteiger partial charge >= 0.3 is 5.97 Å². The number of hydrogen-bond donors (Lipinski definition) is 2. The largest absolute Gasteiger partial charge is 0.458 e. The lowest BCUT2D eigenvalue weighted by Gasteiger charge is -2.41. The Hall–Kier alpha value is -1.88. The van der Waals surface area contributed by atoms with Crippen molar-refractivity contribution in [2.45, 2.75) is 76.4 Å². The second-order valence-electron chi connectivity index (χ2n) is 8.76. The number of carbonyl (C=O) groups is 2. The van der Waals surface area contributed by atoms with E-state index in [4.69, 9.17) is 10.5 Å². The average molecular weight is 373 g/mol. The number of cyclic esters (lactones) is 1. The number of esters is 1. The Morgan fingerprint density at radius 3 is 2.56 bits per heavy atom. The number of ether oxygens (including phenoxy) is 1. The van der Waals surface area contributed by atoms with E-state index in [0.29, 0.717) is 18.8 Å². The Bertz CT molecular complexity index is 699. The van der Waals surface area contributed by atoms with Crippen LogP contribution in [0.1, 0.15) is 69.9 Å². The van der Waals surface area contributed by atoms with E-state index in [0.717, 1.165) is 43.4 Å². The Morgan fingerprint density at radius 1 is 1.26 bits per heavy atom. The SMILES string of the molecule is CNc1cc(CCC2(C3CCCC3)CC(=O)CC(=O)O2)ccc1C(C)(C)N. The van der Waals surface area contributed by atoms with E-state index in [9.17, 15) is 9.59 Å². The molecule has 1 atom stereocenters. The van der Waals surface area contributed by atoms with Crippen molar-refractivity contribution in [2.24, 2.45) is 11.7 Å². The topological polar surface area (TPSA) is 81.4 Å². The summed E-state index contributed by atoms with van der Waals surface area (Å²) in [5.41, 5.74) is 8.49. The first-order valence-corrected chi connectivity index (χ1v) is 10.1. The molecular weight excluding hydrogens is 340 g/mol. The number of aryl methyl sites for hydroxylation is 1. The van der Waals surface area contributed by atoms with Gasteiger partial charge in [0.25, 0.3) is 0 Å². The second-order valence-corrected chi connectivity index (χ2v) is 8.76. The van der Waals surface area contributed by atoms with E-state index in [1.807, 2.05) is 20.9 Å². The van der Waals surface area contributed by atoms with Gasteiger partial charge in [-0.2, -0.15) is 0 Å². The van der Waals surface area contributed by atoms with Gasteiger partial charge < -0.3 is 15.8 Å². The number of Topliss-reactive ketones (excluding diaryl/α,β-unsaturated/α-hetero) is 1. The quantitative estimate of drug-likeness (QED) is 0.588. The Balaban J connectivity index is 1.81. The highest BCUT2D eigenvalue weighted by atomic mass is 16.6. The number of anilines is 1. The van der Waals surface area contributed by atoms with Crippen LogP contribution in [0.4, 0.5) is 5.69 Å². The molecule has 0 radical (unpaired) electrons. The fourth-order valence-electron chi connectivity index (χ4n) is 4.75. The lowest BCUT2D eigenvalue weighted by atomic mass is 9.76. The van der Waals surface area contributed by atoms with E-state index in [1.54, 1.807) is 0 Å². The zero-order chi connectivity index (χ0) is 19.7. The van der Waals surface area contributed by atoms with E-state index >= 15 is 0 Å². The van der Waals surface area contributed by atoms with E-state index in [-0.39, 0.29) is 18.2 Å². The van der Waals surface area contributed by atoms with Crippen molar-refractivity contribution in [3.63, 3.8) is 0 Å². The zero-order valence-electron chi connectivity index (χ0n) is 16.8. The fraction of sp³-hybridized carbons (Fsp3) is 0.636. The van der Waals surface area contributed by atoms with Crippen molar-refractivity contribution < 1.29 is 14.3 Å². The molecule has 1 saturated heterocycles. The van der Waals surface area contributed by atoms with Gasteiger partial charge in [-0.05, 0) is 62.6 Å². The summed E-state index contributed by atoms with van der Waals surface area (Å²) in [4.78, 5) is 24.2. The molecule has 1 aromatic carbocycles. The van der Waals surface area contributed by atoms with Crippen molar-refractivity contribution in [2.75, 3.05) is 12.4 Å². The molecule has 3 rings (SSSR count).